The molecule has 1 aliphatic rings. The van der Waals surface area contributed by atoms with Crippen molar-refractivity contribution in [3.8, 4) is 0 Å². The molecule has 1 heterocycles. The van der Waals surface area contributed by atoms with Crippen LogP contribution in [-0.2, 0) is 38.1 Å². The molecule has 0 saturated carbocycles. The topological polar surface area (TPSA) is 114 Å². The summed E-state index contributed by atoms with van der Waals surface area (Å²) in [5, 5.41) is 0. The van der Waals surface area contributed by atoms with E-state index in [-0.39, 0.29) is 6.61 Å². The molecule has 27 heavy (non-hydrogen) atoms. The fourth-order valence-electron chi connectivity index (χ4n) is 2.67. The van der Waals surface area contributed by atoms with Crippen molar-refractivity contribution >= 4 is 24.1 Å². The van der Waals surface area contributed by atoms with E-state index in [0.29, 0.717) is 5.56 Å². The number of benzene rings is 1. The van der Waals surface area contributed by atoms with Crippen molar-refractivity contribution < 1.29 is 42.9 Å². The maximum absolute atomic E-state index is 11.8. The molecule has 0 unspecified atom stereocenters. The summed E-state index contributed by atoms with van der Waals surface area (Å²) in [6.45, 7) is 3.09. The molecule has 0 radical (unpaired) electrons. The summed E-state index contributed by atoms with van der Waals surface area (Å²) in [6, 6.07) is 8.67. The van der Waals surface area contributed by atoms with Crippen molar-refractivity contribution in [1.29, 1.82) is 0 Å². The molecule has 2 rings (SSSR count). The Kier molecular flexibility index (Phi) is 6.75. The van der Waals surface area contributed by atoms with Gasteiger partial charge in [-0.3, -0.25) is 14.4 Å². The van der Waals surface area contributed by atoms with E-state index >= 15 is 0 Å². The van der Waals surface area contributed by atoms with E-state index in [1.54, 1.807) is 30.3 Å². The molecule has 9 nitrogen and oxygen atoms in total. The zero-order valence-electron chi connectivity index (χ0n) is 15.1. The Morgan fingerprint density at radius 2 is 1.59 bits per heavy atom. The maximum Gasteiger partial charge on any atom is 0.509 e. The van der Waals surface area contributed by atoms with Crippen LogP contribution in [-0.4, -0.2) is 49.0 Å². The lowest BCUT2D eigenvalue weighted by Gasteiger charge is -2.30. The van der Waals surface area contributed by atoms with Crippen molar-refractivity contribution in [2.75, 3.05) is 6.61 Å². The first kappa shape index (κ1) is 20.2. The van der Waals surface area contributed by atoms with Gasteiger partial charge in [-0.1, -0.05) is 30.3 Å². The summed E-state index contributed by atoms with van der Waals surface area (Å²) in [4.78, 5) is 46.0. The first-order valence-corrected chi connectivity index (χ1v) is 8.18. The first-order valence-electron chi connectivity index (χ1n) is 8.18. The van der Waals surface area contributed by atoms with Crippen LogP contribution in [0, 0.1) is 0 Å². The average Bonchev–Trinajstić information content (AvgIpc) is 2.98. The van der Waals surface area contributed by atoms with Gasteiger partial charge in [-0.05, 0) is 5.56 Å². The molecule has 0 amide bonds. The molecule has 1 aromatic carbocycles. The van der Waals surface area contributed by atoms with Crippen LogP contribution in [0.1, 0.15) is 32.4 Å². The van der Waals surface area contributed by atoms with Crippen molar-refractivity contribution in [2.45, 2.75) is 45.2 Å². The summed E-state index contributed by atoms with van der Waals surface area (Å²) in [7, 11) is 0. The minimum absolute atomic E-state index is 0.386. The summed E-state index contributed by atoms with van der Waals surface area (Å²) >= 11 is 0. The number of rotatable bonds is 7. The Labute approximate surface area is 155 Å². The fraction of sp³-hybridized carbons (Fsp3) is 0.444. The second-order valence-electron chi connectivity index (χ2n) is 5.81. The van der Waals surface area contributed by atoms with Gasteiger partial charge in [-0.15, -0.1) is 0 Å². The van der Waals surface area contributed by atoms with Gasteiger partial charge in [0.15, 0.2) is 24.4 Å². The Balaban J connectivity index is 2.35. The summed E-state index contributed by atoms with van der Waals surface area (Å²) in [5.74, 6) is -2.01. The lowest BCUT2D eigenvalue weighted by Crippen LogP contribution is -2.47. The molecular weight excluding hydrogens is 360 g/mol. The van der Waals surface area contributed by atoms with Crippen LogP contribution in [0.4, 0.5) is 4.79 Å². The number of cyclic esters (lactones) is 2. The summed E-state index contributed by atoms with van der Waals surface area (Å²) < 4.78 is 25.7. The van der Waals surface area contributed by atoms with Gasteiger partial charge in [0.25, 0.3) is 0 Å². The van der Waals surface area contributed by atoms with Gasteiger partial charge in [0.2, 0.25) is 0 Å². The molecule has 1 fully saturated rings. The highest BCUT2D eigenvalue weighted by Crippen LogP contribution is 2.34. The van der Waals surface area contributed by atoms with Crippen molar-refractivity contribution in [2.24, 2.45) is 0 Å². The third-order valence-corrected chi connectivity index (χ3v) is 3.64. The van der Waals surface area contributed by atoms with Crippen LogP contribution in [0.3, 0.4) is 0 Å². The third kappa shape index (κ3) is 5.70. The molecule has 1 aliphatic heterocycles. The van der Waals surface area contributed by atoms with Crippen LogP contribution in [0.25, 0.3) is 0 Å². The van der Waals surface area contributed by atoms with E-state index in [1.165, 1.54) is 6.92 Å². The number of hydrogen-bond donors (Lipinski definition) is 0. The normalized spacial score (nSPS) is 20.6. The molecular formula is C18H20O9. The monoisotopic (exact) mass is 380 g/mol. The average molecular weight is 380 g/mol. The number of hydrogen-bond acceptors (Lipinski definition) is 9. The lowest BCUT2D eigenvalue weighted by molar-refractivity contribution is -0.182. The van der Waals surface area contributed by atoms with Crippen molar-refractivity contribution in [1.82, 2.24) is 0 Å². The molecule has 0 aromatic heterocycles. The second-order valence-corrected chi connectivity index (χ2v) is 5.81. The predicted octanol–water partition coefficient (Wildman–Crippen LogP) is 1.69. The molecule has 1 aromatic rings. The minimum atomic E-state index is -1.25. The van der Waals surface area contributed by atoms with E-state index in [1.807, 2.05) is 0 Å². The van der Waals surface area contributed by atoms with Crippen LogP contribution >= 0.6 is 0 Å². The number of esters is 3. The molecule has 1 saturated heterocycles. The zero-order chi connectivity index (χ0) is 20.0. The quantitative estimate of drug-likeness (QED) is 0.515. The van der Waals surface area contributed by atoms with Crippen LogP contribution in [0.5, 0.6) is 0 Å². The molecule has 4 atom stereocenters. The molecule has 9 heteroatoms. The smallest absolute Gasteiger partial charge is 0.462 e. The highest BCUT2D eigenvalue weighted by atomic mass is 16.8. The van der Waals surface area contributed by atoms with Gasteiger partial charge >= 0.3 is 24.1 Å². The number of carbonyl (C=O) groups excluding carboxylic acids is 4. The van der Waals surface area contributed by atoms with Crippen LogP contribution in [0.2, 0.25) is 0 Å². The number of carbonyl (C=O) groups is 4. The molecule has 146 valence electrons. The van der Waals surface area contributed by atoms with Gasteiger partial charge in [0, 0.05) is 20.8 Å². The van der Waals surface area contributed by atoms with E-state index in [2.05, 4.69) is 0 Å². The fourth-order valence-corrected chi connectivity index (χ4v) is 2.67. The highest BCUT2D eigenvalue weighted by molar-refractivity contribution is 5.68. The van der Waals surface area contributed by atoms with Gasteiger partial charge in [-0.2, -0.15) is 0 Å². The zero-order valence-corrected chi connectivity index (χ0v) is 15.1. The lowest BCUT2D eigenvalue weighted by atomic mass is 9.97. The second kappa shape index (κ2) is 9.02. The van der Waals surface area contributed by atoms with Gasteiger partial charge in [0.1, 0.15) is 6.61 Å². The third-order valence-electron chi connectivity index (χ3n) is 3.64. The number of ether oxygens (including phenoxy) is 5. The summed E-state index contributed by atoms with van der Waals surface area (Å²) in [5.41, 5.74) is 0.597. The Morgan fingerprint density at radius 3 is 2.15 bits per heavy atom. The molecule has 0 spiro atoms. The van der Waals surface area contributed by atoms with Gasteiger partial charge < -0.3 is 23.7 Å². The van der Waals surface area contributed by atoms with Crippen molar-refractivity contribution in [3.05, 3.63) is 35.9 Å². The van der Waals surface area contributed by atoms with E-state index in [0.717, 1.165) is 13.8 Å². The molecule has 0 N–H and O–H groups in total. The van der Waals surface area contributed by atoms with Crippen molar-refractivity contribution in [3.63, 3.8) is 0 Å². The van der Waals surface area contributed by atoms with E-state index < -0.39 is 48.5 Å². The first-order chi connectivity index (χ1) is 12.8. The Bertz CT molecular complexity index is 700. The minimum Gasteiger partial charge on any atom is -0.462 e. The summed E-state index contributed by atoms with van der Waals surface area (Å²) in [6.07, 6.45) is -5.41. The SMILES string of the molecule is CC(=O)OC[C@@H](OC(C)=O)[C@H](OC(C)=O)[C@H]1OC(=O)O[C@H]1c1ccccc1. The Hall–Kier alpha value is -3.10. The van der Waals surface area contributed by atoms with Gasteiger partial charge in [0.05, 0.1) is 0 Å². The maximum atomic E-state index is 11.8. The Morgan fingerprint density at radius 1 is 0.963 bits per heavy atom. The van der Waals surface area contributed by atoms with E-state index in [4.69, 9.17) is 23.7 Å². The van der Waals surface area contributed by atoms with Crippen LogP contribution < -0.4 is 0 Å². The standard InChI is InChI=1S/C18H20O9/c1-10(19)23-9-14(24-11(2)20)16(25-12(3)21)17-15(26-18(22)27-17)13-7-5-4-6-8-13/h4-8,14-17H,9H2,1-3H3/t14-,15+,16+,17+/m1/s1. The van der Waals surface area contributed by atoms with Crippen LogP contribution in [0.15, 0.2) is 30.3 Å². The van der Waals surface area contributed by atoms with E-state index in [9.17, 15) is 19.2 Å². The largest absolute Gasteiger partial charge is 0.509 e. The molecule has 0 bridgehead atoms. The predicted molar refractivity (Wildman–Crippen MR) is 88.3 cm³/mol. The van der Waals surface area contributed by atoms with Gasteiger partial charge in [-0.25, -0.2) is 4.79 Å². The molecule has 0 aliphatic carbocycles. The highest BCUT2D eigenvalue weighted by Gasteiger charge is 2.49.